The van der Waals surface area contributed by atoms with Crippen LogP contribution in [0.15, 0.2) is 24.3 Å². The van der Waals surface area contributed by atoms with Crippen molar-refractivity contribution >= 4 is 0 Å². The van der Waals surface area contributed by atoms with E-state index in [1.807, 2.05) is 0 Å². The molecule has 0 aromatic heterocycles. The first kappa shape index (κ1) is 13.6. The molecule has 1 aromatic carbocycles. The highest BCUT2D eigenvalue weighted by Gasteiger charge is 2.23. The number of nitrogens with two attached hydrogens (primary N) is 1. The molecule has 3 N–H and O–H groups in total. The van der Waals surface area contributed by atoms with Crippen LogP contribution in [0.4, 0.5) is 0 Å². The molecule has 1 saturated carbocycles. The monoisotopic (exact) mass is 246 g/mol. The van der Waals surface area contributed by atoms with Gasteiger partial charge in [-0.2, -0.15) is 0 Å². The number of hydrogen-bond acceptors (Lipinski definition) is 2. The molecule has 1 aliphatic carbocycles. The summed E-state index contributed by atoms with van der Waals surface area (Å²) in [6, 6.07) is 9.85. The lowest BCUT2D eigenvalue weighted by atomic mass is 10.0. The van der Waals surface area contributed by atoms with Gasteiger partial charge in [-0.05, 0) is 42.7 Å². The normalized spacial score (nSPS) is 25.3. The first-order chi connectivity index (χ1) is 8.72. The minimum Gasteiger partial charge on any atom is -0.329 e. The molecular formula is C16H26N2. The Morgan fingerprint density at radius 2 is 2.00 bits per heavy atom. The Kier molecular flexibility index (Phi) is 4.79. The predicted molar refractivity (Wildman–Crippen MR) is 77.6 cm³/mol. The largest absolute Gasteiger partial charge is 0.329 e. The summed E-state index contributed by atoms with van der Waals surface area (Å²) >= 11 is 0. The van der Waals surface area contributed by atoms with Crippen molar-refractivity contribution in [2.75, 3.05) is 6.54 Å². The summed E-state index contributed by atoms with van der Waals surface area (Å²) in [5.41, 5.74) is 8.65. The molecule has 100 valence electrons. The third-order valence-corrected chi connectivity index (χ3v) is 4.16. The molecule has 3 unspecified atom stereocenters. The van der Waals surface area contributed by atoms with Gasteiger partial charge in [-0.15, -0.1) is 0 Å². The maximum atomic E-state index is 5.93. The summed E-state index contributed by atoms with van der Waals surface area (Å²) in [5.74, 6) is 0.864. The zero-order chi connectivity index (χ0) is 13.0. The van der Waals surface area contributed by atoms with E-state index in [1.54, 1.807) is 0 Å². The first-order valence-electron chi connectivity index (χ1n) is 7.27. The van der Waals surface area contributed by atoms with Crippen molar-refractivity contribution in [3.8, 4) is 0 Å². The van der Waals surface area contributed by atoms with Gasteiger partial charge in [-0.25, -0.2) is 0 Å². The maximum absolute atomic E-state index is 5.93. The Morgan fingerprint density at radius 3 is 2.50 bits per heavy atom. The first-order valence-corrected chi connectivity index (χ1v) is 7.27. The fourth-order valence-corrected chi connectivity index (χ4v) is 2.93. The number of hydrogen-bond donors (Lipinski definition) is 2. The van der Waals surface area contributed by atoms with Crippen molar-refractivity contribution < 1.29 is 0 Å². The second-order valence-electron chi connectivity index (χ2n) is 5.67. The number of benzene rings is 1. The van der Waals surface area contributed by atoms with Crippen LogP contribution in [0, 0.1) is 5.92 Å². The van der Waals surface area contributed by atoms with E-state index < -0.39 is 0 Å². The van der Waals surface area contributed by atoms with Gasteiger partial charge in [-0.1, -0.05) is 38.1 Å². The number of aryl methyl sites for hydroxylation is 1. The standard InChI is InChI=1S/C16H26N2/c1-3-13-5-7-14(8-6-13)16(11-17)18-15-9-4-12(2)10-15/h5-8,12,15-16,18H,3-4,9-11,17H2,1-2H3. The van der Waals surface area contributed by atoms with E-state index in [-0.39, 0.29) is 0 Å². The van der Waals surface area contributed by atoms with Crippen LogP contribution in [0.25, 0.3) is 0 Å². The Bertz CT molecular complexity index is 358. The van der Waals surface area contributed by atoms with Crippen molar-refractivity contribution in [2.45, 2.75) is 51.6 Å². The summed E-state index contributed by atoms with van der Waals surface area (Å²) < 4.78 is 0. The molecule has 1 fully saturated rings. The molecule has 2 nitrogen and oxygen atoms in total. The van der Waals surface area contributed by atoms with Crippen molar-refractivity contribution in [1.29, 1.82) is 0 Å². The fourth-order valence-electron chi connectivity index (χ4n) is 2.93. The molecular weight excluding hydrogens is 220 g/mol. The summed E-state index contributed by atoms with van der Waals surface area (Å²) in [5, 5.41) is 3.72. The van der Waals surface area contributed by atoms with Crippen molar-refractivity contribution in [1.82, 2.24) is 5.32 Å². The van der Waals surface area contributed by atoms with Crippen LogP contribution in [-0.2, 0) is 6.42 Å². The zero-order valence-corrected chi connectivity index (χ0v) is 11.7. The van der Waals surface area contributed by atoms with E-state index in [1.165, 1.54) is 30.4 Å². The molecule has 2 rings (SSSR count). The lowest BCUT2D eigenvalue weighted by Gasteiger charge is -2.22. The average Bonchev–Trinajstić information content (AvgIpc) is 2.82. The molecule has 0 amide bonds. The highest BCUT2D eigenvalue weighted by molar-refractivity contribution is 5.25. The minimum absolute atomic E-state index is 0.311. The number of nitrogens with one attached hydrogen (secondary N) is 1. The van der Waals surface area contributed by atoms with E-state index in [9.17, 15) is 0 Å². The van der Waals surface area contributed by atoms with Crippen LogP contribution < -0.4 is 11.1 Å². The van der Waals surface area contributed by atoms with Gasteiger partial charge < -0.3 is 11.1 Å². The number of rotatable bonds is 5. The van der Waals surface area contributed by atoms with Crippen molar-refractivity contribution in [2.24, 2.45) is 11.7 Å². The van der Waals surface area contributed by atoms with Crippen molar-refractivity contribution in [3.05, 3.63) is 35.4 Å². The molecule has 0 saturated heterocycles. The second kappa shape index (κ2) is 6.35. The SMILES string of the molecule is CCc1ccc(C(CN)NC2CCC(C)C2)cc1. The lowest BCUT2D eigenvalue weighted by Crippen LogP contribution is -2.35. The topological polar surface area (TPSA) is 38.0 Å². The van der Waals surface area contributed by atoms with Gasteiger partial charge in [0.25, 0.3) is 0 Å². The third kappa shape index (κ3) is 3.33. The van der Waals surface area contributed by atoms with E-state index in [0.29, 0.717) is 18.6 Å². The second-order valence-corrected chi connectivity index (χ2v) is 5.67. The van der Waals surface area contributed by atoms with Gasteiger partial charge in [0, 0.05) is 18.6 Å². The van der Waals surface area contributed by atoms with Gasteiger partial charge >= 0.3 is 0 Å². The summed E-state index contributed by atoms with van der Waals surface area (Å²) in [6.07, 6.45) is 5.04. The average molecular weight is 246 g/mol. The summed E-state index contributed by atoms with van der Waals surface area (Å²) in [4.78, 5) is 0. The highest BCUT2D eigenvalue weighted by Crippen LogP contribution is 2.26. The van der Waals surface area contributed by atoms with Gasteiger partial charge in [-0.3, -0.25) is 0 Å². The molecule has 1 aromatic rings. The molecule has 0 heterocycles. The van der Waals surface area contributed by atoms with E-state index >= 15 is 0 Å². The van der Waals surface area contributed by atoms with Gasteiger partial charge in [0.2, 0.25) is 0 Å². The Balaban J connectivity index is 1.98. The van der Waals surface area contributed by atoms with Crippen LogP contribution in [-0.4, -0.2) is 12.6 Å². The van der Waals surface area contributed by atoms with Crippen LogP contribution in [0.2, 0.25) is 0 Å². The Labute approximate surface area is 111 Å². The van der Waals surface area contributed by atoms with Gasteiger partial charge in [0.1, 0.15) is 0 Å². The molecule has 0 radical (unpaired) electrons. The molecule has 0 aliphatic heterocycles. The van der Waals surface area contributed by atoms with Crippen molar-refractivity contribution in [3.63, 3.8) is 0 Å². The third-order valence-electron chi connectivity index (χ3n) is 4.16. The molecule has 2 heteroatoms. The van der Waals surface area contributed by atoms with Crippen LogP contribution in [0.5, 0.6) is 0 Å². The van der Waals surface area contributed by atoms with Gasteiger partial charge in [0.15, 0.2) is 0 Å². The summed E-state index contributed by atoms with van der Waals surface area (Å²) in [7, 11) is 0. The predicted octanol–water partition coefficient (Wildman–Crippen LogP) is 3.03. The van der Waals surface area contributed by atoms with Crippen LogP contribution in [0.3, 0.4) is 0 Å². The Morgan fingerprint density at radius 1 is 1.28 bits per heavy atom. The lowest BCUT2D eigenvalue weighted by molar-refractivity contribution is 0.434. The van der Waals surface area contributed by atoms with E-state index in [0.717, 1.165) is 12.3 Å². The quantitative estimate of drug-likeness (QED) is 0.838. The molecule has 0 spiro atoms. The van der Waals surface area contributed by atoms with Crippen LogP contribution in [0.1, 0.15) is 50.3 Å². The Hall–Kier alpha value is -0.860. The smallest absolute Gasteiger partial charge is 0.0446 e. The van der Waals surface area contributed by atoms with Gasteiger partial charge in [0.05, 0.1) is 0 Å². The molecule has 1 aliphatic rings. The molecule has 3 atom stereocenters. The molecule has 0 bridgehead atoms. The molecule has 18 heavy (non-hydrogen) atoms. The fraction of sp³-hybridized carbons (Fsp3) is 0.625. The van der Waals surface area contributed by atoms with Crippen LogP contribution >= 0.6 is 0 Å². The highest BCUT2D eigenvalue weighted by atomic mass is 15.0. The maximum Gasteiger partial charge on any atom is 0.0446 e. The summed E-state index contributed by atoms with van der Waals surface area (Å²) in [6.45, 7) is 5.21. The zero-order valence-electron chi connectivity index (χ0n) is 11.7. The van der Waals surface area contributed by atoms with E-state index in [4.69, 9.17) is 5.73 Å². The minimum atomic E-state index is 0.311. The van der Waals surface area contributed by atoms with E-state index in [2.05, 4.69) is 43.4 Å².